The summed E-state index contributed by atoms with van der Waals surface area (Å²) >= 11 is 0. The molecule has 194 valence electrons. The molecule has 0 amide bonds. The van der Waals surface area contributed by atoms with Gasteiger partial charge in [0, 0.05) is 33.3 Å². The third-order valence-electron chi connectivity index (χ3n) is 4.83. The van der Waals surface area contributed by atoms with Gasteiger partial charge >= 0.3 is 23.9 Å². The number of ether oxygens (including phenoxy) is 6. The zero-order valence-electron chi connectivity index (χ0n) is 21.1. The van der Waals surface area contributed by atoms with Crippen molar-refractivity contribution in [2.24, 2.45) is 0 Å². The molecule has 0 aliphatic heterocycles. The number of hydrogen-bond acceptors (Lipinski definition) is 10. The maximum Gasteiger partial charge on any atom is 0.308 e. The normalized spacial score (nSPS) is 12.9. The lowest BCUT2D eigenvalue weighted by molar-refractivity contribution is -0.157. The van der Waals surface area contributed by atoms with Gasteiger partial charge in [-0.3, -0.25) is 19.2 Å². The summed E-state index contributed by atoms with van der Waals surface area (Å²) in [6.07, 6.45) is -2.41. The van der Waals surface area contributed by atoms with Crippen molar-refractivity contribution in [3.05, 3.63) is 53.6 Å². The molecule has 36 heavy (non-hydrogen) atoms. The van der Waals surface area contributed by atoms with Crippen molar-refractivity contribution in [2.75, 3.05) is 13.7 Å². The molecule has 0 N–H and O–H groups in total. The van der Waals surface area contributed by atoms with E-state index in [2.05, 4.69) is 0 Å². The van der Waals surface area contributed by atoms with Crippen molar-refractivity contribution in [1.82, 2.24) is 0 Å². The van der Waals surface area contributed by atoms with Gasteiger partial charge < -0.3 is 28.4 Å². The van der Waals surface area contributed by atoms with Gasteiger partial charge in [-0.15, -0.1) is 0 Å². The number of methoxy groups -OCH3 is 1. The molecule has 0 fully saturated rings. The monoisotopic (exact) mass is 502 g/mol. The molecule has 0 spiro atoms. The Hall–Kier alpha value is -4.08. The van der Waals surface area contributed by atoms with Crippen LogP contribution in [0.5, 0.6) is 17.2 Å². The van der Waals surface area contributed by atoms with Gasteiger partial charge in [0.05, 0.1) is 7.11 Å². The van der Waals surface area contributed by atoms with Gasteiger partial charge in [-0.05, 0) is 36.8 Å². The first-order valence-corrected chi connectivity index (χ1v) is 11.1. The highest BCUT2D eigenvalue weighted by Crippen LogP contribution is 2.34. The minimum absolute atomic E-state index is 0.185. The van der Waals surface area contributed by atoms with E-state index in [0.717, 1.165) is 5.56 Å². The van der Waals surface area contributed by atoms with Crippen LogP contribution in [-0.2, 0) is 33.4 Å². The maximum atomic E-state index is 12.0. The molecule has 0 aromatic heterocycles. The summed E-state index contributed by atoms with van der Waals surface area (Å²) in [6, 6.07) is 11.4. The van der Waals surface area contributed by atoms with Gasteiger partial charge in [0.1, 0.15) is 18.5 Å². The van der Waals surface area contributed by atoms with E-state index in [0.29, 0.717) is 11.3 Å². The van der Waals surface area contributed by atoms with E-state index in [1.807, 2.05) is 0 Å². The average molecular weight is 503 g/mol. The van der Waals surface area contributed by atoms with Crippen LogP contribution in [0.2, 0.25) is 0 Å². The molecular formula is C26H30O10. The summed E-state index contributed by atoms with van der Waals surface area (Å²) in [7, 11) is 1.40. The second kappa shape index (κ2) is 13.1. The molecule has 0 radical (unpaired) electrons. The molecule has 0 aliphatic rings. The molecule has 2 rings (SSSR count). The molecule has 0 bridgehead atoms. The minimum atomic E-state index is -1.01. The van der Waals surface area contributed by atoms with Crippen molar-refractivity contribution in [3.8, 4) is 17.2 Å². The number of esters is 4. The first-order chi connectivity index (χ1) is 17.0. The summed E-state index contributed by atoms with van der Waals surface area (Å²) in [6.45, 7) is 6.59. The zero-order valence-corrected chi connectivity index (χ0v) is 21.1. The molecule has 3 atom stereocenters. The fourth-order valence-corrected chi connectivity index (χ4v) is 3.33. The molecule has 2 aromatic rings. The van der Waals surface area contributed by atoms with Crippen LogP contribution >= 0.6 is 0 Å². The molecule has 10 nitrogen and oxygen atoms in total. The summed E-state index contributed by atoms with van der Waals surface area (Å²) < 4.78 is 32.5. The second-order valence-corrected chi connectivity index (χ2v) is 7.81. The van der Waals surface area contributed by atoms with Crippen LogP contribution in [0.1, 0.15) is 58.0 Å². The van der Waals surface area contributed by atoms with E-state index in [4.69, 9.17) is 28.4 Å². The zero-order chi connectivity index (χ0) is 26.8. The molecule has 0 saturated heterocycles. The van der Waals surface area contributed by atoms with Crippen molar-refractivity contribution in [3.63, 3.8) is 0 Å². The first kappa shape index (κ1) is 28.2. The predicted molar refractivity (Wildman–Crippen MR) is 126 cm³/mol. The van der Waals surface area contributed by atoms with Crippen molar-refractivity contribution in [2.45, 2.75) is 52.9 Å². The van der Waals surface area contributed by atoms with Gasteiger partial charge in [-0.2, -0.15) is 0 Å². The van der Waals surface area contributed by atoms with E-state index in [-0.39, 0.29) is 18.1 Å². The summed E-state index contributed by atoms with van der Waals surface area (Å²) in [5, 5.41) is 0. The lowest BCUT2D eigenvalue weighted by atomic mass is 10.0. The van der Waals surface area contributed by atoms with E-state index >= 15 is 0 Å². The van der Waals surface area contributed by atoms with E-state index < -0.39 is 42.2 Å². The van der Waals surface area contributed by atoms with Crippen LogP contribution in [0, 0.1) is 0 Å². The largest absolute Gasteiger partial charge is 0.493 e. The highest BCUT2D eigenvalue weighted by molar-refractivity contribution is 5.70. The molecule has 1 unspecified atom stereocenters. The maximum absolute atomic E-state index is 12.0. The van der Waals surface area contributed by atoms with Crippen molar-refractivity contribution in [1.29, 1.82) is 0 Å². The lowest BCUT2D eigenvalue weighted by Crippen LogP contribution is -2.34. The molecule has 0 aliphatic carbocycles. The van der Waals surface area contributed by atoms with E-state index in [1.54, 1.807) is 43.3 Å². The van der Waals surface area contributed by atoms with Gasteiger partial charge in [-0.1, -0.05) is 18.2 Å². The quantitative estimate of drug-likeness (QED) is 0.254. The highest BCUT2D eigenvalue weighted by atomic mass is 16.6. The number of benzene rings is 2. The standard InChI is InChI=1S/C26H30O10/c1-15(33-17(3)28)20-7-10-22(11-8-20)36-25(14-32-16(2)27)26(35-19(5)30)21-9-12-23(34-18(4)29)24(13-21)31-6/h7-13,15,25-26H,14H2,1-6H3/t15?,25-,26+/m0/s1. The molecular weight excluding hydrogens is 472 g/mol. The van der Waals surface area contributed by atoms with E-state index in [1.165, 1.54) is 40.9 Å². The van der Waals surface area contributed by atoms with Crippen LogP contribution in [0.3, 0.4) is 0 Å². The number of rotatable bonds is 11. The third-order valence-corrected chi connectivity index (χ3v) is 4.83. The van der Waals surface area contributed by atoms with Crippen LogP contribution < -0.4 is 14.2 Å². The number of carbonyl (C=O) groups excluding carboxylic acids is 4. The average Bonchev–Trinajstić information content (AvgIpc) is 2.80. The summed E-state index contributed by atoms with van der Waals surface area (Å²) in [4.78, 5) is 46.1. The van der Waals surface area contributed by atoms with Crippen LogP contribution in [0.15, 0.2) is 42.5 Å². The second-order valence-electron chi connectivity index (χ2n) is 7.81. The fraction of sp³-hybridized carbons (Fsp3) is 0.385. The topological polar surface area (TPSA) is 124 Å². The third kappa shape index (κ3) is 8.61. The first-order valence-electron chi connectivity index (χ1n) is 11.1. The molecule has 0 heterocycles. The van der Waals surface area contributed by atoms with Gasteiger partial charge in [0.15, 0.2) is 23.7 Å². The highest BCUT2D eigenvalue weighted by Gasteiger charge is 2.31. The predicted octanol–water partition coefficient (Wildman–Crippen LogP) is 3.86. The fourth-order valence-electron chi connectivity index (χ4n) is 3.33. The van der Waals surface area contributed by atoms with Crippen LogP contribution in [0.25, 0.3) is 0 Å². The molecule has 0 saturated carbocycles. The van der Waals surface area contributed by atoms with Crippen molar-refractivity contribution >= 4 is 23.9 Å². The Morgan fingerprint density at radius 1 is 0.750 bits per heavy atom. The lowest BCUT2D eigenvalue weighted by Gasteiger charge is -2.28. The van der Waals surface area contributed by atoms with Gasteiger partial charge in [0.25, 0.3) is 0 Å². The van der Waals surface area contributed by atoms with Crippen LogP contribution in [0.4, 0.5) is 0 Å². The van der Waals surface area contributed by atoms with Gasteiger partial charge in [-0.25, -0.2) is 0 Å². The summed E-state index contributed by atoms with van der Waals surface area (Å²) in [5.41, 5.74) is 1.20. The summed E-state index contributed by atoms with van der Waals surface area (Å²) in [5.74, 6) is -1.25. The van der Waals surface area contributed by atoms with Crippen LogP contribution in [-0.4, -0.2) is 43.7 Å². The molecule has 2 aromatic carbocycles. The Balaban J connectivity index is 2.40. The number of carbonyl (C=O) groups is 4. The minimum Gasteiger partial charge on any atom is -0.493 e. The Kier molecular flexibility index (Phi) is 10.3. The van der Waals surface area contributed by atoms with E-state index in [9.17, 15) is 19.2 Å². The Bertz CT molecular complexity index is 1080. The SMILES string of the molecule is COc1cc([C@@H](OC(C)=O)[C@H](COC(C)=O)Oc2ccc(C(C)OC(C)=O)cc2)ccc1OC(C)=O. The Labute approximate surface area is 209 Å². The Morgan fingerprint density at radius 2 is 1.36 bits per heavy atom. The smallest absolute Gasteiger partial charge is 0.308 e. The van der Waals surface area contributed by atoms with Crippen molar-refractivity contribution < 1.29 is 47.6 Å². The molecule has 10 heteroatoms. The van der Waals surface area contributed by atoms with Gasteiger partial charge in [0.2, 0.25) is 0 Å². The Morgan fingerprint density at radius 3 is 1.89 bits per heavy atom. The number of hydrogen-bond donors (Lipinski definition) is 0.